The number of nitrogens with zero attached hydrogens (tertiary/aromatic N) is 3. The maximum atomic E-state index is 13.5. The first-order valence-corrected chi connectivity index (χ1v) is 7.04. The van der Waals surface area contributed by atoms with E-state index in [0.29, 0.717) is 6.42 Å². The molecule has 5 heteroatoms. The zero-order chi connectivity index (χ0) is 14.4. The van der Waals surface area contributed by atoms with Gasteiger partial charge in [-0.1, -0.05) is 18.2 Å². The van der Waals surface area contributed by atoms with E-state index in [9.17, 15) is 4.39 Å². The average molecular weight is 276 g/mol. The maximum Gasteiger partial charge on any atom is 0.134 e. The van der Waals surface area contributed by atoms with Gasteiger partial charge in [0, 0.05) is 25.6 Å². The van der Waals surface area contributed by atoms with Crippen LogP contribution in [-0.4, -0.2) is 27.4 Å². The van der Waals surface area contributed by atoms with Crippen molar-refractivity contribution >= 4 is 0 Å². The molecule has 0 spiro atoms. The van der Waals surface area contributed by atoms with E-state index in [2.05, 4.69) is 29.4 Å². The molecule has 0 radical (unpaired) electrons. The number of aryl methyl sites for hydroxylation is 1. The molecule has 1 atom stereocenters. The van der Waals surface area contributed by atoms with Crippen LogP contribution in [0, 0.1) is 5.82 Å². The predicted molar refractivity (Wildman–Crippen MR) is 77.0 cm³/mol. The van der Waals surface area contributed by atoms with Crippen LogP contribution in [0.5, 0.6) is 0 Å². The van der Waals surface area contributed by atoms with Gasteiger partial charge in [0.2, 0.25) is 0 Å². The lowest BCUT2D eigenvalue weighted by Crippen LogP contribution is -2.30. The number of benzene rings is 1. The van der Waals surface area contributed by atoms with E-state index in [1.54, 1.807) is 12.4 Å². The molecule has 0 unspecified atom stereocenters. The lowest BCUT2D eigenvalue weighted by atomic mass is 10.1. The normalized spacial score (nSPS) is 12.6. The number of halogens is 1. The van der Waals surface area contributed by atoms with Crippen LogP contribution in [0.25, 0.3) is 0 Å². The Balaban J connectivity index is 1.78. The summed E-state index contributed by atoms with van der Waals surface area (Å²) in [5.41, 5.74) is 0.754. The van der Waals surface area contributed by atoms with Crippen LogP contribution in [0.15, 0.2) is 30.6 Å². The number of nitrogens with one attached hydrogen (secondary N) is 1. The minimum absolute atomic E-state index is 0.133. The smallest absolute Gasteiger partial charge is 0.134 e. The molecule has 0 saturated carbocycles. The Morgan fingerprint density at radius 2 is 2.15 bits per heavy atom. The van der Waals surface area contributed by atoms with Crippen molar-refractivity contribution in [3.63, 3.8) is 0 Å². The van der Waals surface area contributed by atoms with Gasteiger partial charge < -0.3 is 9.88 Å². The number of hydrogen-bond donors (Lipinski definition) is 1. The number of rotatable bonds is 7. The van der Waals surface area contributed by atoms with Crippen molar-refractivity contribution in [2.24, 2.45) is 0 Å². The van der Waals surface area contributed by atoms with E-state index >= 15 is 0 Å². The standard InChI is InChI=1S/C15H21FN4/c1-3-20-11-18-19-15(20)8-9-17-12(2)10-13-6-4-5-7-14(13)16/h4-7,11-12,17H,3,8-10H2,1-2H3/t12-/m0/s1. The summed E-state index contributed by atoms with van der Waals surface area (Å²) < 4.78 is 15.6. The lowest BCUT2D eigenvalue weighted by Gasteiger charge is -2.14. The van der Waals surface area contributed by atoms with Crippen LogP contribution < -0.4 is 5.32 Å². The van der Waals surface area contributed by atoms with E-state index in [0.717, 1.165) is 30.9 Å². The first-order valence-electron chi connectivity index (χ1n) is 7.04. The Labute approximate surface area is 119 Å². The van der Waals surface area contributed by atoms with E-state index in [-0.39, 0.29) is 11.9 Å². The minimum atomic E-state index is -0.133. The number of aromatic nitrogens is 3. The molecule has 2 rings (SSSR count). The molecule has 1 N–H and O–H groups in total. The molecular formula is C15H21FN4. The van der Waals surface area contributed by atoms with E-state index in [1.807, 2.05) is 16.7 Å². The summed E-state index contributed by atoms with van der Waals surface area (Å²) in [4.78, 5) is 0. The molecule has 0 saturated heterocycles. The molecule has 0 bridgehead atoms. The zero-order valence-corrected chi connectivity index (χ0v) is 12.0. The number of hydrogen-bond acceptors (Lipinski definition) is 3. The summed E-state index contributed by atoms with van der Waals surface area (Å²) in [6, 6.07) is 7.15. The van der Waals surface area contributed by atoms with Crippen LogP contribution >= 0.6 is 0 Å². The second kappa shape index (κ2) is 7.14. The summed E-state index contributed by atoms with van der Waals surface area (Å²) in [6.45, 7) is 5.83. The highest BCUT2D eigenvalue weighted by molar-refractivity contribution is 5.18. The summed E-state index contributed by atoms with van der Waals surface area (Å²) in [5.74, 6) is 0.852. The Hall–Kier alpha value is -1.75. The van der Waals surface area contributed by atoms with E-state index < -0.39 is 0 Å². The molecule has 2 aromatic rings. The Kier molecular flexibility index (Phi) is 5.24. The van der Waals surface area contributed by atoms with Crippen LogP contribution in [-0.2, 0) is 19.4 Å². The summed E-state index contributed by atoms with van der Waals surface area (Å²) in [6.07, 6.45) is 3.26. The highest BCUT2D eigenvalue weighted by Crippen LogP contribution is 2.09. The molecule has 0 aliphatic carbocycles. The van der Waals surface area contributed by atoms with Gasteiger partial charge in [0.05, 0.1) is 0 Å². The zero-order valence-electron chi connectivity index (χ0n) is 12.0. The molecule has 0 fully saturated rings. The lowest BCUT2D eigenvalue weighted by molar-refractivity contribution is 0.520. The summed E-state index contributed by atoms with van der Waals surface area (Å²) >= 11 is 0. The van der Waals surface area contributed by atoms with E-state index in [1.165, 1.54) is 6.07 Å². The van der Waals surface area contributed by atoms with Crippen molar-refractivity contribution in [1.29, 1.82) is 0 Å². The van der Waals surface area contributed by atoms with Crippen LogP contribution in [0.2, 0.25) is 0 Å². The first kappa shape index (κ1) is 14.7. The quantitative estimate of drug-likeness (QED) is 0.843. The second-order valence-corrected chi connectivity index (χ2v) is 4.93. The van der Waals surface area contributed by atoms with Crippen molar-refractivity contribution in [3.8, 4) is 0 Å². The SMILES string of the molecule is CCn1cnnc1CCN[C@@H](C)Cc1ccccc1F. The van der Waals surface area contributed by atoms with Crippen molar-refractivity contribution in [2.45, 2.75) is 39.3 Å². The van der Waals surface area contributed by atoms with Gasteiger partial charge in [0.1, 0.15) is 18.0 Å². The third-order valence-corrected chi connectivity index (χ3v) is 3.36. The van der Waals surface area contributed by atoms with Crippen molar-refractivity contribution < 1.29 is 4.39 Å². The van der Waals surface area contributed by atoms with Gasteiger partial charge in [-0.25, -0.2) is 4.39 Å². The van der Waals surface area contributed by atoms with Crippen LogP contribution in [0.4, 0.5) is 4.39 Å². The molecule has 1 aromatic carbocycles. The highest BCUT2D eigenvalue weighted by Gasteiger charge is 2.08. The first-order chi connectivity index (χ1) is 9.70. The van der Waals surface area contributed by atoms with Gasteiger partial charge >= 0.3 is 0 Å². The fourth-order valence-corrected chi connectivity index (χ4v) is 2.23. The molecule has 108 valence electrons. The second-order valence-electron chi connectivity index (χ2n) is 4.93. The fraction of sp³-hybridized carbons (Fsp3) is 0.467. The summed E-state index contributed by atoms with van der Waals surface area (Å²) in [7, 11) is 0. The monoisotopic (exact) mass is 276 g/mol. The average Bonchev–Trinajstić information content (AvgIpc) is 2.89. The third kappa shape index (κ3) is 3.87. The van der Waals surface area contributed by atoms with Crippen LogP contribution in [0.1, 0.15) is 25.2 Å². The Morgan fingerprint density at radius 3 is 2.90 bits per heavy atom. The van der Waals surface area contributed by atoms with Gasteiger partial charge in [-0.15, -0.1) is 10.2 Å². The van der Waals surface area contributed by atoms with Crippen molar-refractivity contribution in [1.82, 2.24) is 20.1 Å². The minimum Gasteiger partial charge on any atom is -0.318 e. The van der Waals surface area contributed by atoms with Gasteiger partial charge in [0.25, 0.3) is 0 Å². The van der Waals surface area contributed by atoms with Crippen molar-refractivity contribution in [3.05, 3.63) is 47.8 Å². The maximum absolute atomic E-state index is 13.5. The third-order valence-electron chi connectivity index (χ3n) is 3.36. The molecule has 1 aromatic heterocycles. The fourth-order valence-electron chi connectivity index (χ4n) is 2.23. The Bertz CT molecular complexity index is 538. The van der Waals surface area contributed by atoms with Gasteiger partial charge in [-0.3, -0.25) is 0 Å². The largest absolute Gasteiger partial charge is 0.318 e. The molecule has 0 aliphatic heterocycles. The summed E-state index contributed by atoms with van der Waals surface area (Å²) in [5, 5.41) is 11.4. The molecule has 0 aliphatic rings. The Morgan fingerprint density at radius 1 is 1.35 bits per heavy atom. The van der Waals surface area contributed by atoms with Crippen LogP contribution in [0.3, 0.4) is 0 Å². The van der Waals surface area contributed by atoms with Gasteiger partial charge in [-0.2, -0.15) is 0 Å². The molecule has 20 heavy (non-hydrogen) atoms. The van der Waals surface area contributed by atoms with Crippen molar-refractivity contribution in [2.75, 3.05) is 6.54 Å². The predicted octanol–water partition coefficient (Wildman–Crippen LogP) is 2.20. The van der Waals surface area contributed by atoms with Gasteiger partial charge in [-0.05, 0) is 31.9 Å². The highest BCUT2D eigenvalue weighted by atomic mass is 19.1. The molecule has 0 amide bonds. The van der Waals surface area contributed by atoms with E-state index in [4.69, 9.17) is 0 Å². The molecule has 4 nitrogen and oxygen atoms in total. The van der Waals surface area contributed by atoms with Gasteiger partial charge in [0.15, 0.2) is 0 Å². The topological polar surface area (TPSA) is 42.7 Å². The molecule has 1 heterocycles. The molecular weight excluding hydrogens is 255 g/mol.